The number of hydrogen-bond acceptors (Lipinski definition) is 6. The molecule has 0 fully saturated rings. The third-order valence-electron chi connectivity index (χ3n) is 5.33. The van der Waals surface area contributed by atoms with Crippen LogP contribution in [0.25, 0.3) is 0 Å². The normalized spacial score (nSPS) is 16.2. The van der Waals surface area contributed by atoms with Crippen molar-refractivity contribution in [3.63, 3.8) is 0 Å². The fourth-order valence-corrected chi connectivity index (χ4v) is 4.92. The Kier molecular flexibility index (Phi) is 6.96. The van der Waals surface area contributed by atoms with E-state index in [0.717, 1.165) is 4.31 Å². The van der Waals surface area contributed by atoms with Gasteiger partial charge in [-0.1, -0.05) is 19.1 Å². The Morgan fingerprint density at radius 1 is 1.31 bits per heavy atom. The fraction of sp³-hybridized carbons (Fsp3) is 0.450. The second-order valence-electron chi connectivity index (χ2n) is 7.58. The van der Waals surface area contributed by atoms with E-state index in [4.69, 9.17) is 0 Å². The predicted molar refractivity (Wildman–Crippen MR) is 115 cm³/mol. The van der Waals surface area contributed by atoms with Crippen molar-refractivity contribution >= 4 is 16.1 Å². The molecule has 0 bridgehead atoms. The van der Waals surface area contributed by atoms with Crippen molar-refractivity contribution in [3.05, 3.63) is 57.5 Å². The van der Waals surface area contributed by atoms with Crippen LogP contribution in [-0.4, -0.2) is 58.2 Å². The molecule has 1 aromatic heterocycles. The van der Waals surface area contributed by atoms with Gasteiger partial charge in [0.15, 0.2) is 5.69 Å². The molecule has 1 unspecified atom stereocenters. The van der Waals surface area contributed by atoms with Gasteiger partial charge in [-0.15, -0.1) is 0 Å². The quantitative estimate of drug-likeness (QED) is 0.626. The van der Waals surface area contributed by atoms with Gasteiger partial charge in [-0.05, 0) is 30.5 Å². The molecule has 0 saturated heterocycles. The number of carbonyl (C=O) groups is 1. The number of halogens is 1. The zero-order valence-corrected chi connectivity index (χ0v) is 18.9. The minimum absolute atomic E-state index is 0.0260. The first-order valence-corrected chi connectivity index (χ1v) is 11.5. The maximum Gasteiger partial charge on any atom is 0.296 e. The van der Waals surface area contributed by atoms with E-state index in [-0.39, 0.29) is 25.5 Å². The molecule has 1 aromatic carbocycles. The average Bonchev–Trinajstić information content (AvgIpc) is 2.76. The van der Waals surface area contributed by atoms with Crippen LogP contribution < -0.4 is 10.9 Å². The highest BCUT2D eigenvalue weighted by Crippen LogP contribution is 2.32. The van der Waals surface area contributed by atoms with Crippen LogP contribution >= 0.6 is 0 Å². The molecule has 0 radical (unpaired) electrons. The molecular formula is C20H26FN5O5S. The molecule has 2 heterocycles. The third kappa shape index (κ3) is 4.52. The Bertz CT molecular complexity index is 1160. The van der Waals surface area contributed by atoms with Crippen LogP contribution in [0.2, 0.25) is 0 Å². The summed E-state index contributed by atoms with van der Waals surface area (Å²) >= 11 is 0. The predicted octanol–water partition coefficient (Wildman–Crippen LogP) is 0.981. The number of rotatable bonds is 7. The van der Waals surface area contributed by atoms with Crippen molar-refractivity contribution in [2.75, 3.05) is 20.6 Å². The van der Waals surface area contributed by atoms with Crippen LogP contribution in [0.3, 0.4) is 0 Å². The van der Waals surface area contributed by atoms with Gasteiger partial charge >= 0.3 is 0 Å². The molecular weight excluding hydrogens is 441 g/mol. The SMILES string of the molecule is CCN(C1CCCn2c1nc(C(=O)NCc1ccc(F)cc1)c(O)c2=O)S(=O)(=O)N(C)C. The number of hydrogen-bond donors (Lipinski definition) is 2. The van der Waals surface area contributed by atoms with E-state index < -0.39 is 45.0 Å². The lowest BCUT2D eigenvalue weighted by Gasteiger charge is -2.35. The van der Waals surface area contributed by atoms with Gasteiger partial charge in [-0.3, -0.25) is 14.2 Å². The van der Waals surface area contributed by atoms with Crippen LogP contribution in [-0.2, 0) is 23.3 Å². The van der Waals surface area contributed by atoms with Crippen molar-refractivity contribution in [2.24, 2.45) is 0 Å². The minimum Gasteiger partial charge on any atom is -0.501 e. The van der Waals surface area contributed by atoms with Crippen LogP contribution in [0.4, 0.5) is 4.39 Å². The van der Waals surface area contributed by atoms with Crippen molar-refractivity contribution in [1.29, 1.82) is 0 Å². The largest absolute Gasteiger partial charge is 0.501 e. The Hall–Kier alpha value is -2.83. The second-order valence-corrected chi connectivity index (χ2v) is 9.68. The molecule has 174 valence electrons. The summed E-state index contributed by atoms with van der Waals surface area (Å²) in [6, 6.07) is 4.71. The van der Waals surface area contributed by atoms with E-state index in [1.165, 1.54) is 47.2 Å². The number of nitrogens with zero attached hydrogens (tertiary/aromatic N) is 4. The van der Waals surface area contributed by atoms with E-state index >= 15 is 0 Å². The van der Waals surface area contributed by atoms with Gasteiger partial charge < -0.3 is 10.4 Å². The highest BCUT2D eigenvalue weighted by molar-refractivity contribution is 7.86. The molecule has 2 aromatic rings. The summed E-state index contributed by atoms with van der Waals surface area (Å²) in [6.07, 6.45) is 0.920. The topological polar surface area (TPSA) is 125 Å². The lowest BCUT2D eigenvalue weighted by molar-refractivity contribution is 0.0940. The van der Waals surface area contributed by atoms with E-state index in [0.29, 0.717) is 18.4 Å². The third-order valence-corrected chi connectivity index (χ3v) is 7.36. The number of carbonyl (C=O) groups excluding carboxylic acids is 1. The number of aromatic hydroxyl groups is 1. The maximum absolute atomic E-state index is 13.1. The second kappa shape index (κ2) is 9.35. The Labute approximate surface area is 185 Å². The van der Waals surface area contributed by atoms with E-state index in [2.05, 4.69) is 10.3 Å². The first-order chi connectivity index (χ1) is 15.1. The lowest BCUT2D eigenvalue weighted by atomic mass is 10.1. The maximum atomic E-state index is 13.1. The Morgan fingerprint density at radius 2 is 1.97 bits per heavy atom. The number of nitrogens with one attached hydrogen (secondary N) is 1. The highest BCUT2D eigenvalue weighted by Gasteiger charge is 2.37. The Morgan fingerprint density at radius 3 is 2.56 bits per heavy atom. The molecule has 2 N–H and O–H groups in total. The molecule has 10 nitrogen and oxygen atoms in total. The van der Waals surface area contributed by atoms with Gasteiger partial charge in [-0.25, -0.2) is 9.37 Å². The summed E-state index contributed by atoms with van der Waals surface area (Å²) in [5.41, 5.74) is -0.667. The summed E-state index contributed by atoms with van der Waals surface area (Å²) < 4.78 is 42.2. The molecule has 0 saturated carbocycles. The average molecular weight is 468 g/mol. The number of benzene rings is 1. The molecule has 1 atom stereocenters. The first kappa shape index (κ1) is 23.8. The van der Waals surface area contributed by atoms with Crippen molar-refractivity contribution in [2.45, 2.75) is 38.9 Å². The molecule has 1 amide bonds. The van der Waals surface area contributed by atoms with Crippen molar-refractivity contribution in [1.82, 2.24) is 23.5 Å². The van der Waals surface area contributed by atoms with Gasteiger partial charge in [-0.2, -0.15) is 17.0 Å². The van der Waals surface area contributed by atoms with Gasteiger partial charge in [0.05, 0.1) is 6.04 Å². The first-order valence-electron chi connectivity index (χ1n) is 10.1. The smallest absolute Gasteiger partial charge is 0.296 e. The van der Waals surface area contributed by atoms with Crippen LogP contribution in [0.5, 0.6) is 5.75 Å². The molecule has 0 aliphatic carbocycles. The van der Waals surface area contributed by atoms with Gasteiger partial charge in [0.2, 0.25) is 5.75 Å². The molecule has 12 heteroatoms. The van der Waals surface area contributed by atoms with Crippen LogP contribution in [0, 0.1) is 5.82 Å². The number of fused-ring (bicyclic) bond motifs is 1. The van der Waals surface area contributed by atoms with Crippen molar-refractivity contribution < 1.29 is 22.7 Å². The summed E-state index contributed by atoms with van der Waals surface area (Å²) in [5.74, 6) is -1.90. The molecule has 32 heavy (non-hydrogen) atoms. The van der Waals surface area contributed by atoms with Crippen LogP contribution in [0.1, 0.15) is 47.7 Å². The van der Waals surface area contributed by atoms with E-state index in [1.54, 1.807) is 6.92 Å². The summed E-state index contributed by atoms with van der Waals surface area (Å²) in [6.45, 7) is 2.09. The van der Waals surface area contributed by atoms with Gasteiger partial charge in [0, 0.05) is 33.7 Å². The molecule has 0 spiro atoms. The Balaban J connectivity index is 1.98. The van der Waals surface area contributed by atoms with Crippen LogP contribution in [0.15, 0.2) is 29.1 Å². The zero-order valence-electron chi connectivity index (χ0n) is 18.1. The standard InChI is InChI=1S/C20H26FN5O5S/c1-4-26(32(30,31)24(2)3)15-6-5-11-25-18(15)23-16(17(27)20(25)29)19(28)22-12-13-7-9-14(21)10-8-13/h7-10,15,27H,4-6,11-12H2,1-3H3,(H,22,28). The van der Waals surface area contributed by atoms with Crippen molar-refractivity contribution in [3.8, 4) is 5.75 Å². The molecule has 1 aliphatic heterocycles. The molecule has 1 aliphatic rings. The highest BCUT2D eigenvalue weighted by atomic mass is 32.2. The fourth-order valence-electron chi connectivity index (χ4n) is 3.66. The van der Waals surface area contributed by atoms with E-state index in [9.17, 15) is 27.5 Å². The van der Waals surface area contributed by atoms with Gasteiger partial charge in [0.25, 0.3) is 21.7 Å². The zero-order chi connectivity index (χ0) is 23.6. The number of amides is 1. The van der Waals surface area contributed by atoms with E-state index in [1.807, 2.05) is 0 Å². The van der Waals surface area contributed by atoms with Gasteiger partial charge in [0.1, 0.15) is 11.6 Å². The number of aromatic nitrogens is 2. The summed E-state index contributed by atoms with van der Waals surface area (Å²) in [5, 5.41) is 12.9. The lowest BCUT2D eigenvalue weighted by Crippen LogP contribution is -2.46. The minimum atomic E-state index is -3.82. The molecule has 3 rings (SSSR count). The summed E-state index contributed by atoms with van der Waals surface area (Å²) in [7, 11) is -1.00. The monoisotopic (exact) mass is 467 g/mol. The summed E-state index contributed by atoms with van der Waals surface area (Å²) in [4.78, 5) is 29.7.